The Bertz CT molecular complexity index is 412. The number of esters is 2. The van der Waals surface area contributed by atoms with Gasteiger partial charge >= 0.3 is 24.3 Å². The molecule has 0 aliphatic heterocycles. The van der Waals surface area contributed by atoms with Gasteiger partial charge in [-0.1, -0.05) is 0 Å². The molecular formula is C12H12F6O4. The number of rotatable bonds is 2. The lowest BCUT2D eigenvalue weighted by molar-refractivity contribution is -0.243. The summed E-state index contributed by atoms with van der Waals surface area (Å²) in [6, 6.07) is 0. The number of hydrogen-bond donors (Lipinski definition) is 0. The number of halogens is 6. The Morgan fingerprint density at radius 1 is 0.636 bits per heavy atom. The van der Waals surface area contributed by atoms with Crippen LogP contribution in [0.5, 0.6) is 0 Å². The Kier molecular flexibility index (Phi) is 3.85. The lowest BCUT2D eigenvalue weighted by atomic mass is 9.65. The highest BCUT2D eigenvalue weighted by atomic mass is 19.4. The van der Waals surface area contributed by atoms with Crippen molar-refractivity contribution in [3.05, 3.63) is 0 Å². The normalized spacial score (nSPS) is 31.7. The van der Waals surface area contributed by atoms with Crippen LogP contribution in [0.3, 0.4) is 0 Å². The van der Waals surface area contributed by atoms with Gasteiger partial charge in [-0.2, -0.15) is 26.3 Å². The van der Waals surface area contributed by atoms with Gasteiger partial charge in [0.05, 0.1) is 0 Å². The average molecular weight is 334 g/mol. The van der Waals surface area contributed by atoms with Crippen molar-refractivity contribution in [3.8, 4) is 0 Å². The van der Waals surface area contributed by atoms with Gasteiger partial charge in [-0.3, -0.25) is 0 Å². The van der Waals surface area contributed by atoms with Gasteiger partial charge in [-0.15, -0.1) is 0 Å². The number of alkyl halides is 6. The molecule has 0 heterocycles. The highest BCUT2D eigenvalue weighted by Crippen LogP contribution is 2.51. The third-order valence-corrected chi connectivity index (χ3v) is 4.19. The first-order chi connectivity index (χ1) is 9.88. The summed E-state index contributed by atoms with van der Waals surface area (Å²) >= 11 is 0. The van der Waals surface area contributed by atoms with Crippen LogP contribution in [-0.2, 0) is 19.1 Å². The Balaban J connectivity index is 2.00. The largest absolute Gasteiger partial charge is 0.490 e. The van der Waals surface area contributed by atoms with E-state index >= 15 is 0 Å². The highest BCUT2D eigenvalue weighted by Gasteiger charge is 2.57. The summed E-state index contributed by atoms with van der Waals surface area (Å²) in [7, 11) is 0. The van der Waals surface area contributed by atoms with Gasteiger partial charge < -0.3 is 9.47 Å². The molecule has 0 atom stereocenters. The highest BCUT2D eigenvalue weighted by molar-refractivity contribution is 5.76. The van der Waals surface area contributed by atoms with E-state index in [2.05, 4.69) is 9.47 Å². The van der Waals surface area contributed by atoms with Gasteiger partial charge in [-0.05, 0) is 38.5 Å². The first-order valence-corrected chi connectivity index (χ1v) is 6.48. The maximum absolute atomic E-state index is 12.2. The minimum atomic E-state index is -5.12. The van der Waals surface area contributed by atoms with Crippen molar-refractivity contribution in [2.75, 3.05) is 0 Å². The third kappa shape index (κ3) is 3.30. The number of carbonyl (C=O) groups excluding carboxylic acids is 2. The van der Waals surface area contributed by atoms with E-state index in [4.69, 9.17) is 0 Å². The molecule has 10 heteroatoms. The molecular weight excluding hydrogens is 322 g/mol. The van der Waals surface area contributed by atoms with Crippen molar-refractivity contribution in [1.29, 1.82) is 0 Å². The van der Waals surface area contributed by atoms with E-state index in [1.165, 1.54) is 0 Å². The summed E-state index contributed by atoms with van der Waals surface area (Å²) in [5.41, 5.74) is -2.67. The van der Waals surface area contributed by atoms with E-state index < -0.39 is 35.5 Å². The summed E-state index contributed by atoms with van der Waals surface area (Å²) in [6.07, 6.45) is -10.7. The second kappa shape index (κ2) is 5.02. The van der Waals surface area contributed by atoms with Crippen molar-refractivity contribution in [3.63, 3.8) is 0 Å². The van der Waals surface area contributed by atoms with Crippen LogP contribution in [0.25, 0.3) is 0 Å². The molecule has 3 saturated carbocycles. The van der Waals surface area contributed by atoms with Gasteiger partial charge in [0.25, 0.3) is 0 Å². The van der Waals surface area contributed by atoms with Crippen LogP contribution in [0.2, 0.25) is 0 Å². The minimum absolute atomic E-state index is 0.0695. The van der Waals surface area contributed by atoms with Crippen LogP contribution in [0.1, 0.15) is 38.5 Å². The zero-order chi connectivity index (χ0) is 16.8. The van der Waals surface area contributed by atoms with Crippen LogP contribution >= 0.6 is 0 Å². The molecule has 22 heavy (non-hydrogen) atoms. The molecule has 0 amide bonds. The van der Waals surface area contributed by atoms with Gasteiger partial charge in [0.2, 0.25) is 0 Å². The molecule has 0 radical (unpaired) electrons. The van der Waals surface area contributed by atoms with Crippen LogP contribution in [0.4, 0.5) is 26.3 Å². The molecule has 0 aromatic carbocycles. The summed E-state index contributed by atoms with van der Waals surface area (Å²) in [5, 5.41) is 0. The van der Waals surface area contributed by atoms with Crippen LogP contribution in [-0.4, -0.2) is 35.5 Å². The van der Waals surface area contributed by atoms with Crippen LogP contribution in [0, 0.1) is 0 Å². The molecule has 3 aliphatic carbocycles. The van der Waals surface area contributed by atoms with E-state index in [1.54, 1.807) is 0 Å². The van der Waals surface area contributed by atoms with Crippen LogP contribution in [0.15, 0.2) is 0 Å². The number of carbonyl (C=O) groups is 2. The fraction of sp³-hybridized carbons (Fsp3) is 0.833. The zero-order valence-corrected chi connectivity index (χ0v) is 11.1. The average Bonchev–Trinajstić information content (AvgIpc) is 2.38. The smallest absolute Gasteiger partial charge is 0.452 e. The van der Waals surface area contributed by atoms with E-state index in [-0.39, 0.29) is 38.5 Å². The third-order valence-electron chi connectivity index (χ3n) is 4.19. The molecule has 0 unspecified atom stereocenters. The predicted octanol–water partition coefficient (Wildman–Crippen LogP) is 3.04. The topological polar surface area (TPSA) is 52.6 Å². The molecule has 126 valence electrons. The number of fused-ring (bicyclic) bond motifs is 3. The Morgan fingerprint density at radius 3 is 1.05 bits per heavy atom. The lowest BCUT2D eigenvalue weighted by Gasteiger charge is -2.51. The zero-order valence-electron chi connectivity index (χ0n) is 11.1. The summed E-state index contributed by atoms with van der Waals surface area (Å²) in [5.74, 6) is -4.62. The molecule has 3 fully saturated rings. The van der Waals surface area contributed by atoms with Gasteiger partial charge in [0, 0.05) is 0 Å². The summed E-state index contributed by atoms with van der Waals surface area (Å²) < 4.78 is 82.4. The molecule has 2 bridgehead atoms. The minimum Gasteiger partial charge on any atom is -0.452 e. The first-order valence-electron chi connectivity index (χ1n) is 6.48. The molecule has 0 spiro atoms. The Hall–Kier alpha value is -1.48. The fourth-order valence-electron chi connectivity index (χ4n) is 2.93. The fourth-order valence-corrected chi connectivity index (χ4v) is 2.93. The Morgan fingerprint density at radius 2 is 0.864 bits per heavy atom. The molecule has 0 aromatic rings. The quantitative estimate of drug-likeness (QED) is 0.575. The van der Waals surface area contributed by atoms with E-state index in [0.717, 1.165) is 0 Å². The molecule has 3 aliphatic rings. The van der Waals surface area contributed by atoms with E-state index in [1.807, 2.05) is 0 Å². The monoisotopic (exact) mass is 334 g/mol. The van der Waals surface area contributed by atoms with Crippen molar-refractivity contribution in [1.82, 2.24) is 0 Å². The van der Waals surface area contributed by atoms with E-state index in [9.17, 15) is 35.9 Å². The second-order valence-corrected chi connectivity index (χ2v) is 5.64. The second-order valence-electron chi connectivity index (χ2n) is 5.64. The standard InChI is InChI=1S/C12H12F6O4/c13-11(14,15)7(19)21-9-1-2-10(5-3-9,6-4-9)22-8(20)12(16,17)18/h1-6H2. The number of ether oxygens (including phenoxy) is 2. The molecule has 3 rings (SSSR count). The predicted molar refractivity (Wildman–Crippen MR) is 57.5 cm³/mol. The molecule has 0 N–H and O–H groups in total. The van der Waals surface area contributed by atoms with Crippen LogP contribution < -0.4 is 0 Å². The van der Waals surface area contributed by atoms with E-state index in [0.29, 0.717) is 0 Å². The van der Waals surface area contributed by atoms with Crippen molar-refractivity contribution >= 4 is 11.9 Å². The van der Waals surface area contributed by atoms with Crippen molar-refractivity contribution in [2.24, 2.45) is 0 Å². The maximum Gasteiger partial charge on any atom is 0.490 e. The van der Waals surface area contributed by atoms with Crippen molar-refractivity contribution < 1.29 is 45.4 Å². The number of hydrogen-bond acceptors (Lipinski definition) is 4. The SMILES string of the molecule is O=C(OC12CCC(OC(=O)C(F)(F)F)(CC1)CC2)C(F)(F)F. The van der Waals surface area contributed by atoms with Crippen molar-refractivity contribution in [2.45, 2.75) is 62.1 Å². The van der Waals surface area contributed by atoms with Gasteiger partial charge in [-0.25, -0.2) is 9.59 Å². The summed E-state index contributed by atoms with van der Waals surface area (Å²) in [4.78, 5) is 21.8. The van der Waals surface area contributed by atoms with Gasteiger partial charge in [0.1, 0.15) is 11.2 Å². The maximum atomic E-state index is 12.2. The molecule has 0 saturated heterocycles. The molecule has 0 aromatic heterocycles. The summed E-state index contributed by atoms with van der Waals surface area (Å²) in [6.45, 7) is 0. The Labute approximate surface area is 120 Å². The lowest BCUT2D eigenvalue weighted by Crippen LogP contribution is -2.55. The first kappa shape index (κ1) is 16.9. The van der Waals surface area contributed by atoms with Gasteiger partial charge in [0.15, 0.2) is 0 Å². The molecule has 4 nitrogen and oxygen atoms in total.